The van der Waals surface area contributed by atoms with Gasteiger partial charge in [-0.05, 0) is 37.8 Å². The van der Waals surface area contributed by atoms with E-state index in [4.69, 9.17) is 4.74 Å². The quantitative estimate of drug-likeness (QED) is 0.736. The van der Waals surface area contributed by atoms with Crippen LogP contribution in [0.25, 0.3) is 0 Å². The van der Waals surface area contributed by atoms with Gasteiger partial charge in [-0.15, -0.1) is 0 Å². The third kappa shape index (κ3) is 2.54. The molecule has 1 saturated heterocycles. The molecule has 0 bridgehead atoms. The van der Waals surface area contributed by atoms with Crippen LogP contribution in [0.15, 0.2) is 16.9 Å². The summed E-state index contributed by atoms with van der Waals surface area (Å²) < 4.78 is 20.1. The Balaban J connectivity index is 1.42. The van der Waals surface area contributed by atoms with Crippen molar-refractivity contribution in [3.8, 4) is 5.75 Å². The summed E-state index contributed by atoms with van der Waals surface area (Å²) in [6.07, 6.45) is 3.28. The first kappa shape index (κ1) is 17.3. The average molecular weight is 385 g/mol. The number of ether oxygens (including phenoxy) is 1. The van der Waals surface area contributed by atoms with Gasteiger partial charge >= 0.3 is 0 Å². The third-order valence-electron chi connectivity index (χ3n) is 6.39. The minimum absolute atomic E-state index is 0.0591. The smallest absolute Gasteiger partial charge is 0.257 e. The van der Waals surface area contributed by atoms with Crippen molar-refractivity contribution in [3.05, 3.63) is 39.4 Å². The maximum absolute atomic E-state index is 14.7. The van der Waals surface area contributed by atoms with Gasteiger partial charge < -0.3 is 20.3 Å². The van der Waals surface area contributed by atoms with E-state index < -0.39 is 0 Å². The molecule has 3 aliphatic heterocycles. The number of hydrogen-bond donors (Lipinski definition) is 3. The van der Waals surface area contributed by atoms with E-state index in [1.54, 1.807) is 13.2 Å². The summed E-state index contributed by atoms with van der Waals surface area (Å²) in [4.78, 5) is 22.1. The molecule has 1 spiro atoms. The molecule has 1 aromatic carbocycles. The Morgan fingerprint density at radius 2 is 2.07 bits per heavy atom. The zero-order valence-electron chi connectivity index (χ0n) is 15.9. The molecule has 0 atom stereocenters. The molecule has 3 N–H and O–H groups in total. The zero-order chi connectivity index (χ0) is 19.3. The Kier molecular flexibility index (Phi) is 3.96. The fraction of sp³-hybridized carbons (Fsp3) is 0.500. The molecule has 8 heteroatoms. The fourth-order valence-corrected chi connectivity index (χ4v) is 4.83. The Bertz CT molecular complexity index is 981. The molecule has 5 rings (SSSR count). The summed E-state index contributed by atoms with van der Waals surface area (Å²) in [5, 5.41) is 6.59. The molecule has 3 aliphatic rings. The van der Waals surface area contributed by atoms with E-state index in [1.165, 1.54) is 6.07 Å². The average Bonchev–Trinajstić information content (AvgIpc) is 3.09. The molecule has 0 aliphatic carbocycles. The standard InChI is InChI=1S/C20H24FN5O2/c1-28-14-5-4-13(21)15-16(14)23-11-20(15)6-9-26(10-7-20)19-24-17-12(18(27)25-19)3-2-8-22-17/h4-5,23H,2-3,6-11H2,1H3,(H2,22,24,25,27). The molecule has 1 aromatic heterocycles. The largest absolute Gasteiger partial charge is 0.495 e. The number of nitrogens with zero attached hydrogens (tertiary/aromatic N) is 2. The normalized spacial score (nSPS) is 19.6. The lowest BCUT2D eigenvalue weighted by atomic mass is 9.74. The van der Waals surface area contributed by atoms with Gasteiger partial charge in [0.05, 0.1) is 18.4 Å². The van der Waals surface area contributed by atoms with Crippen LogP contribution in [0.3, 0.4) is 0 Å². The molecule has 148 valence electrons. The number of aromatic amines is 1. The minimum Gasteiger partial charge on any atom is -0.495 e. The Morgan fingerprint density at radius 3 is 2.86 bits per heavy atom. The highest BCUT2D eigenvalue weighted by molar-refractivity contribution is 5.69. The molecule has 1 fully saturated rings. The van der Waals surface area contributed by atoms with Gasteiger partial charge in [-0.3, -0.25) is 9.78 Å². The monoisotopic (exact) mass is 385 g/mol. The van der Waals surface area contributed by atoms with Gasteiger partial charge in [-0.1, -0.05) is 0 Å². The van der Waals surface area contributed by atoms with Crippen LogP contribution in [0.2, 0.25) is 0 Å². The van der Waals surface area contributed by atoms with Crippen LogP contribution in [-0.2, 0) is 11.8 Å². The van der Waals surface area contributed by atoms with Crippen LogP contribution in [0.5, 0.6) is 5.75 Å². The molecule has 4 heterocycles. The van der Waals surface area contributed by atoms with E-state index in [0.29, 0.717) is 37.1 Å². The number of hydrogen-bond acceptors (Lipinski definition) is 6. The number of aromatic nitrogens is 2. The number of nitrogens with one attached hydrogen (secondary N) is 3. The third-order valence-corrected chi connectivity index (χ3v) is 6.39. The molecular weight excluding hydrogens is 361 g/mol. The van der Waals surface area contributed by atoms with E-state index >= 15 is 0 Å². The maximum Gasteiger partial charge on any atom is 0.257 e. The van der Waals surface area contributed by atoms with E-state index in [2.05, 4.69) is 25.5 Å². The van der Waals surface area contributed by atoms with E-state index in [0.717, 1.165) is 49.0 Å². The number of halogens is 1. The van der Waals surface area contributed by atoms with Gasteiger partial charge in [-0.25, -0.2) is 4.39 Å². The summed E-state index contributed by atoms with van der Waals surface area (Å²) in [5.41, 5.74) is 1.94. The second-order valence-corrected chi connectivity index (χ2v) is 7.87. The topological polar surface area (TPSA) is 82.3 Å². The Hall–Kier alpha value is -2.77. The highest BCUT2D eigenvalue weighted by Gasteiger charge is 2.45. The second-order valence-electron chi connectivity index (χ2n) is 7.87. The lowest BCUT2D eigenvalue weighted by Crippen LogP contribution is -2.45. The lowest BCUT2D eigenvalue weighted by molar-refractivity contribution is 0.347. The van der Waals surface area contributed by atoms with Crippen molar-refractivity contribution in [2.45, 2.75) is 31.1 Å². The van der Waals surface area contributed by atoms with Gasteiger partial charge in [0, 0.05) is 37.2 Å². The van der Waals surface area contributed by atoms with E-state index in [1.807, 2.05) is 0 Å². The highest BCUT2D eigenvalue weighted by Crippen LogP contribution is 2.49. The van der Waals surface area contributed by atoms with Crippen LogP contribution in [0.1, 0.15) is 30.4 Å². The summed E-state index contributed by atoms with van der Waals surface area (Å²) in [6, 6.07) is 3.16. The van der Waals surface area contributed by atoms with Crippen molar-refractivity contribution < 1.29 is 9.13 Å². The van der Waals surface area contributed by atoms with Crippen molar-refractivity contribution in [2.24, 2.45) is 0 Å². The summed E-state index contributed by atoms with van der Waals surface area (Å²) in [5.74, 6) is 1.81. The van der Waals surface area contributed by atoms with Gasteiger partial charge in [0.1, 0.15) is 17.4 Å². The molecule has 28 heavy (non-hydrogen) atoms. The molecule has 7 nitrogen and oxygen atoms in total. The van der Waals surface area contributed by atoms with Crippen LogP contribution in [0.4, 0.5) is 21.8 Å². The van der Waals surface area contributed by atoms with E-state index in [-0.39, 0.29) is 16.8 Å². The number of rotatable bonds is 2. The van der Waals surface area contributed by atoms with Gasteiger partial charge in [0.25, 0.3) is 5.56 Å². The molecule has 0 amide bonds. The molecule has 0 saturated carbocycles. The SMILES string of the molecule is COc1ccc(F)c2c1NCC21CCN(c2nc3c(c(=O)[nH]2)CCCN3)CC1. The molecule has 0 unspecified atom stereocenters. The van der Waals surface area contributed by atoms with Gasteiger partial charge in [-0.2, -0.15) is 4.98 Å². The zero-order valence-corrected chi connectivity index (χ0v) is 15.9. The molecule has 2 aromatic rings. The van der Waals surface area contributed by atoms with Crippen LogP contribution in [-0.4, -0.2) is 43.3 Å². The minimum atomic E-state index is -0.253. The van der Waals surface area contributed by atoms with E-state index in [9.17, 15) is 9.18 Å². The number of piperidine rings is 1. The number of fused-ring (bicyclic) bond motifs is 3. The first-order chi connectivity index (χ1) is 13.6. The fourth-order valence-electron chi connectivity index (χ4n) is 4.83. The van der Waals surface area contributed by atoms with Crippen LogP contribution in [0, 0.1) is 5.82 Å². The Labute approximate surface area is 162 Å². The van der Waals surface area contributed by atoms with Crippen molar-refractivity contribution in [2.75, 3.05) is 48.8 Å². The number of anilines is 3. The number of methoxy groups -OCH3 is 1. The molecule has 0 radical (unpaired) electrons. The summed E-state index contributed by atoms with van der Waals surface area (Å²) in [6.45, 7) is 2.96. The van der Waals surface area contributed by atoms with Crippen molar-refractivity contribution in [1.82, 2.24) is 9.97 Å². The second kappa shape index (κ2) is 6.39. The number of benzene rings is 1. The van der Waals surface area contributed by atoms with Crippen LogP contribution < -0.4 is 25.8 Å². The first-order valence-corrected chi connectivity index (χ1v) is 9.84. The molecular formula is C20H24FN5O2. The van der Waals surface area contributed by atoms with Gasteiger partial charge in [0.2, 0.25) is 5.95 Å². The summed E-state index contributed by atoms with van der Waals surface area (Å²) in [7, 11) is 1.61. The number of H-pyrrole nitrogens is 1. The first-order valence-electron chi connectivity index (χ1n) is 9.84. The summed E-state index contributed by atoms with van der Waals surface area (Å²) >= 11 is 0. The maximum atomic E-state index is 14.7. The van der Waals surface area contributed by atoms with Crippen molar-refractivity contribution in [3.63, 3.8) is 0 Å². The predicted molar refractivity (Wildman–Crippen MR) is 106 cm³/mol. The lowest BCUT2D eigenvalue weighted by Gasteiger charge is -2.39. The van der Waals surface area contributed by atoms with Gasteiger partial charge in [0.15, 0.2) is 0 Å². The van der Waals surface area contributed by atoms with Crippen molar-refractivity contribution in [1.29, 1.82) is 0 Å². The van der Waals surface area contributed by atoms with Crippen molar-refractivity contribution >= 4 is 17.5 Å². The Morgan fingerprint density at radius 1 is 1.25 bits per heavy atom. The van der Waals surface area contributed by atoms with Crippen LogP contribution >= 0.6 is 0 Å². The highest BCUT2D eigenvalue weighted by atomic mass is 19.1. The predicted octanol–water partition coefficient (Wildman–Crippen LogP) is 2.24.